The van der Waals surface area contributed by atoms with Gasteiger partial charge in [0, 0.05) is 48.5 Å². The van der Waals surface area contributed by atoms with Gasteiger partial charge in [-0.25, -0.2) is 0 Å². The molecule has 0 saturated carbocycles. The molecule has 0 aliphatic heterocycles. The molecule has 29 heavy (non-hydrogen) atoms. The van der Waals surface area contributed by atoms with Crippen molar-refractivity contribution in [2.75, 3.05) is 10.6 Å². The van der Waals surface area contributed by atoms with Gasteiger partial charge in [-0.3, -0.25) is 9.59 Å². The average Bonchev–Trinajstić information content (AvgIpc) is 2.53. The van der Waals surface area contributed by atoms with E-state index in [-0.39, 0.29) is 50.2 Å². The van der Waals surface area contributed by atoms with E-state index in [0.717, 1.165) is 24.3 Å². The molecule has 10 nitrogen and oxygen atoms in total. The molecule has 0 aliphatic rings. The van der Waals surface area contributed by atoms with Gasteiger partial charge in [0.15, 0.2) is 0 Å². The number of rotatable bonds is 4. The summed E-state index contributed by atoms with van der Waals surface area (Å²) >= 11 is 0. The van der Waals surface area contributed by atoms with Gasteiger partial charge >= 0.3 is 27.3 Å². The van der Waals surface area contributed by atoms with Gasteiger partial charge in [-0.05, 0) is 24.3 Å². The molecule has 2 aromatic rings. The van der Waals surface area contributed by atoms with E-state index in [1.807, 2.05) is 0 Å². The zero-order valence-electron chi connectivity index (χ0n) is 15.3. The van der Waals surface area contributed by atoms with Crippen LogP contribution in [0.25, 0.3) is 0 Å². The molecule has 0 heterocycles. The normalized spacial score (nSPS) is 9.17. The van der Waals surface area contributed by atoms with Crippen molar-refractivity contribution in [2.24, 2.45) is 0 Å². The Bertz CT molecular complexity index is 855. The maximum atomic E-state index is 10.6. The summed E-state index contributed by atoms with van der Waals surface area (Å²) < 4.78 is 0. The molecule has 0 aliphatic carbocycles. The van der Waals surface area contributed by atoms with Crippen LogP contribution in [0, 0.1) is 0 Å². The Kier molecular flexibility index (Phi) is 10.4. The summed E-state index contributed by atoms with van der Waals surface area (Å²) in [6.45, 7) is 2.62. The van der Waals surface area contributed by atoms with Gasteiger partial charge < -0.3 is 40.6 Å². The third-order valence-electron chi connectivity index (χ3n) is 3.08. The first-order valence-electron chi connectivity index (χ1n) is 7.65. The van der Waals surface area contributed by atoms with Crippen molar-refractivity contribution < 1.29 is 39.6 Å². The largest absolute Gasteiger partial charge is 2.00 e. The van der Waals surface area contributed by atoms with Crippen molar-refractivity contribution in [3.63, 3.8) is 0 Å². The van der Waals surface area contributed by atoms with Gasteiger partial charge in [-0.1, -0.05) is 0 Å². The summed E-state index contributed by atoms with van der Waals surface area (Å²) in [7, 11) is 0. The number of hydrogen-bond acceptors (Lipinski definition) is 8. The van der Waals surface area contributed by atoms with E-state index < -0.39 is 23.4 Å². The molecule has 0 atom stereocenters. The average molecular weight is 596 g/mol. The first-order valence-corrected chi connectivity index (χ1v) is 7.65. The number of benzene rings is 2. The van der Waals surface area contributed by atoms with Crippen LogP contribution in [0.2, 0.25) is 0 Å². The first kappa shape index (κ1) is 25.8. The van der Waals surface area contributed by atoms with Crippen LogP contribution in [0.1, 0.15) is 34.6 Å². The Morgan fingerprint density at radius 2 is 1.03 bits per heavy atom. The fourth-order valence-corrected chi connectivity index (χ4v) is 1.97. The van der Waals surface area contributed by atoms with Crippen molar-refractivity contribution >= 4 is 62.4 Å². The van der Waals surface area contributed by atoms with Crippen molar-refractivity contribution in [2.45, 2.75) is 13.8 Å². The first-order chi connectivity index (χ1) is 13.0. The Labute approximate surface area is 185 Å². The monoisotopic (exact) mass is 596 g/mol. The second kappa shape index (κ2) is 11.6. The third-order valence-corrected chi connectivity index (χ3v) is 3.08. The maximum Gasteiger partial charge on any atom is 2.00 e. The van der Waals surface area contributed by atoms with Gasteiger partial charge in [0.1, 0.15) is 11.5 Å². The van der Waals surface area contributed by atoms with Gasteiger partial charge in [0.05, 0.1) is 11.9 Å². The molecule has 150 valence electrons. The van der Waals surface area contributed by atoms with E-state index in [9.17, 15) is 39.6 Å². The molecular formula is C18H16N2O8Pb. The molecule has 0 fully saturated rings. The van der Waals surface area contributed by atoms with Crippen LogP contribution in [0.5, 0.6) is 11.5 Å². The van der Waals surface area contributed by atoms with E-state index in [4.69, 9.17) is 0 Å². The standard InChI is InChI=1S/2C9H9NO4.Pb/c2*1-5(11)10-6-2-3-7(9(13)14)8(12)4-6;/h2*2-4,12H,1H3,(H,10,11)(H,13,14);/q;;+2/p-2. The second-order valence-electron chi connectivity index (χ2n) is 5.40. The number of phenols is 2. The molecule has 2 aromatic carbocycles. The Hall–Kier alpha value is -3.16. The van der Waals surface area contributed by atoms with Gasteiger partial charge in [0.2, 0.25) is 11.8 Å². The van der Waals surface area contributed by atoms with Crippen LogP contribution in [0.4, 0.5) is 11.4 Å². The molecule has 2 rings (SSSR count). The zero-order valence-corrected chi connectivity index (χ0v) is 19.2. The van der Waals surface area contributed by atoms with Crippen LogP contribution in [0.15, 0.2) is 36.4 Å². The molecule has 11 heteroatoms. The summed E-state index contributed by atoms with van der Waals surface area (Å²) in [5.74, 6) is -4.39. The second-order valence-corrected chi connectivity index (χ2v) is 5.40. The number of anilines is 2. The SMILES string of the molecule is CC(=O)Nc1ccc(C(=O)[O-])c(O)c1.CC(=O)Nc1ccc(C(=O)[O-])c(O)c1.[Pb+2]. The molecule has 4 N–H and O–H groups in total. The van der Waals surface area contributed by atoms with E-state index in [0.29, 0.717) is 11.4 Å². The summed E-state index contributed by atoms with van der Waals surface area (Å²) in [4.78, 5) is 42.0. The van der Waals surface area contributed by atoms with E-state index >= 15 is 0 Å². The molecule has 2 amide bonds. The molecule has 0 unspecified atom stereocenters. The van der Waals surface area contributed by atoms with Crippen molar-refractivity contribution in [3.8, 4) is 11.5 Å². The minimum absolute atomic E-state index is 0. The zero-order chi connectivity index (χ0) is 21.4. The fourth-order valence-electron chi connectivity index (χ4n) is 1.97. The van der Waals surface area contributed by atoms with Crippen LogP contribution in [-0.4, -0.2) is 61.3 Å². The molecule has 0 aromatic heterocycles. The minimum Gasteiger partial charge on any atom is -0.545 e. The minimum atomic E-state index is -1.46. The van der Waals surface area contributed by atoms with Crippen LogP contribution in [0.3, 0.4) is 0 Å². The number of carboxylic acid groups (broad SMARTS) is 2. The van der Waals surface area contributed by atoms with E-state index in [2.05, 4.69) is 10.6 Å². The molecule has 0 bridgehead atoms. The number of nitrogens with one attached hydrogen (secondary N) is 2. The van der Waals surface area contributed by atoms with Crippen LogP contribution in [-0.2, 0) is 9.59 Å². The van der Waals surface area contributed by atoms with Crippen LogP contribution >= 0.6 is 0 Å². The third kappa shape index (κ3) is 8.59. The predicted octanol–water partition coefficient (Wildman–Crippen LogP) is -0.953. The molecule has 0 saturated heterocycles. The van der Waals surface area contributed by atoms with Crippen molar-refractivity contribution in [1.29, 1.82) is 0 Å². The summed E-state index contributed by atoms with van der Waals surface area (Å²) in [5.41, 5.74) is 0.0539. The summed E-state index contributed by atoms with van der Waals surface area (Å²) in [6.07, 6.45) is 0. The Balaban J connectivity index is 0.000000523. The number of carbonyl (C=O) groups excluding carboxylic acids is 4. The topological polar surface area (TPSA) is 179 Å². The van der Waals surface area contributed by atoms with Gasteiger partial charge in [-0.2, -0.15) is 0 Å². The summed E-state index contributed by atoms with van der Waals surface area (Å²) in [5, 5.41) is 44.0. The number of amides is 2. The van der Waals surface area contributed by atoms with Crippen LogP contribution < -0.4 is 20.8 Å². The molecular weight excluding hydrogens is 579 g/mol. The maximum absolute atomic E-state index is 10.6. The number of carboxylic acids is 2. The smallest absolute Gasteiger partial charge is 0.545 e. The Morgan fingerprint density at radius 3 is 1.24 bits per heavy atom. The fraction of sp³-hybridized carbons (Fsp3) is 0.111. The Morgan fingerprint density at radius 1 is 0.724 bits per heavy atom. The molecule has 0 spiro atoms. The number of hydrogen-bond donors (Lipinski definition) is 4. The van der Waals surface area contributed by atoms with Crippen molar-refractivity contribution in [1.82, 2.24) is 0 Å². The van der Waals surface area contributed by atoms with E-state index in [1.165, 1.54) is 26.0 Å². The van der Waals surface area contributed by atoms with E-state index in [1.54, 1.807) is 0 Å². The number of carbonyl (C=O) groups is 4. The predicted molar refractivity (Wildman–Crippen MR) is 99.2 cm³/mol. The quantitative estimate of drug-likeness (QED) is 0.327. The number of aromatic hydroxyl groups is 2. The van der Waals surface area contributed by atoms with Gasteiger partial charge in [-0.15, -0.1) is 0 Å². The summed E-state index contributed by atoms with van der Waals surface area (Å²) in [6, 6.07) is 7.35. The number of aromatic carboxylic acids is 2. The van der Waals surface area contributed by atoms with Gasteiger partial charge in [0.25, 0.3) is 0 Å². The molecule has 2 radical (unpaired) electrons. The van der Waals surface area contributed by atoms with Crippen molar-refractivity contribution in [3.05, 3.63) is 47.5 Å².